The average Bonchev–Trinajstić information content (AvgIpc) is 2.56. The van der Waals surface area contributed by atoms with Crippen molar-refractivity contribution in [1.82, 2.24) is 5.32 Å². The summed E-state index contributed by atoms with van der Waals surface area (Å²) in [7, 11) is 0. The number of carboxylic acid groups (broad SMARTS) is 2. The molecule has 1 aliphatic heterocycles. The summed E-state index contributed by atoms with van der Waals surface area (Å²) >= 11 is 0. The predicted octanol–water partition coefficient (Wildman–Crippen LogP) is 0.117. The molecule has 2 rings (SSSR count). The minimum absolute atomic E-state index is 0. The molecule has 17 heavy (non-hydrogen) atoms. The predicted molar refractivity (Wildman–Crippen MR) is 61.8 cm³/mol. The van der Waals surface area contributed by atoms with Crippen LogP contribution in [-0.2, 0) is 9.59 Å². The summed E-state index contributed by atoms with van der Waals surface area (Å²) in [6.45, 7) is 2.62. The van der Waals surface area contributed by atoms with Gasteiger partial charge < -0.3 is 21.0 Å². The molecule has 2 atom stereocenters. The summed E-state index contributed by atoms with van der Waals surface area (Å²) in [6, 6.07) is 0. The maximum atomic E-state index is 9.10. The molecule has 0 aromatic carbocycles. The minimum Gasteiger partial charge on any atom is -0.473 e. The highest BCUT2D eigenvalue weighted by Crippen LogP contribution is 2.30. The Labute approximate surface area is 100 Å². The Kier molecular flexibility index (Phi) is 7.49. The summed E-state index contributed by atoms with van der Waals surface area (Å²) in [5.41, 5.74) is 0. The van der Waals surface area contributed by atoms with Gasteiger partial charge in [-0.1, -0.05) is 19.3 Å². The van der Waals surface area contributed by atoms with Crippen LogP contribution in [0.1, 0.15) is 32.1 Å². The number of aliphatic carboxylic acids is 2. The molecule has 1 aliphatic carbocycles. The van der Waals surface area contributed by atoms with Gasteiger partial charge in [-0.05, 0) is 37.8 Å². The maximum Gasteiger partial charge on any atom is 0.414 e. The van der Waals surface area contributed by atoms with Crippen molar-refractivity contribution in [3.63, 3.8) is 0 Å². The quantitative estimate of drug-likeness (QED) is 0.525. The molecule has 6 heteroatoms. The van der Waals surface area contributed by atoms with E-state index >= 15 is 0 Å². The molecule has 1 saturated carbocycles. The van der Waals surface area contributed by atoms with Crippen LogP contribution < -0.4 is 5.32 Å². The number of hydrogen-bond acceptors (Lipinski definition) is 3. The number of hydrogen-bond donors (Lipinski definition) is 3. The maximum absolute atomic E-state index is 9.10. The Hall–Kier alpha value is -1.14. The fraction of sp³-hybridized carbons (Fsp3) is 0.818. The van der Waals surface area contributed by atoms with Crippen LogP contribution in [0, 0.1) is 11.8 Å². The first-order valence-electron chi connectivity index (χ1n) is 5.78. The topological polar surface area (TPSA) is 118 Å². The molecular weight excluding hydrogens is 226 g/mol. The van der Waals surface area contributed by atoms with Crippen molar-refractivity contribution in [2.45, 2.75) is 32.1 Å². The zero-order valence-corrected chi connectivity index (χ0v) is 9.82. The van der Waals surface area contributed by atoms with Gasteiger partial charge in [0.25, 0.3) is 0 Å². The number of nitrogens with one attached hydrogen (secondary N) is 1. The normalized spacial score (nSPS) is 26.6. The molecule has 2 fully saturated rings. The standard InChI is InChI=1S/C9H17N.C2H2O4.H2O/c1-2-4-8-6-10-7-9(8)5-3-1;3-1(4)2(5)6;/h8-10H,1-7H2;(H,3,4)(H,5,6);1H2. The van der Waals surface area contributed by atoms with E-state index in [1.807, 2.05) is 0 Å². The molecule has 0 aromatic rings. The lowest BCUT2D eigenvalue weighted by Gasteiger charge is -2.12. The first-order chi connectivity index (χ1) is 7.61. The highest BCUT2D eigenvalue weighted by atomic mass is 16.4. The molecule has 2 unspecified atom stereocenters. The van der Waals surface area contributed by atoms with Crippen LogP contribution >= 0.6 is 0 Å². The summed E-state index contributed by atoms with van der Waals surface area (Å²) < 4.78 is 0. The number of rotatable bonds is 0. The third-order valence-corrected chi connectivity index (χ3v) is 3.31. The van der Waals surface area contributed by atoms with Gasteiger partial charge >= 0.3 is 11.9 Å². The highest BCUT2D eigenvalue weighted by Gasteiger charge is 2.27. The highest BCUT2D eigenvalue weighted by molar-refractivity contribution is 6.27. The summed E-state index contributed by atoms with van der Waals surface area (Å²) in [5, 5.41) is 18.3. The third kappa shape index (κ3) is 5.65. The molecular formula is C11H21NO5. The molecule has 6 nitrogen and oxygen atoms in total. The van der Waals surface area contributed by atoms with Crippen molar-refractivity contribution >= 4 is 11.9 Å². The molecule has 0 bridgehead atoms. The van der Waals surface area contributed by atoms with E-state index in [9.17, 15) is 0 Å². The molecule has 0 amide bonds. The van der Waals surface area contributed by atoms with Crippen LogP contribution in [0.4, 0.5) is 0 Å². The van der Waals surface area contributed by atoms with Gasteiger partial charge in [0.05, 0.1) is 0 Å². The summed E-state index contributed by atoms with van der Waals surface area (Å²) in [5.74, 6) is -1.56. The van der Waals surface area contributed by atoms with Crippen molar-refractivity contribution in [2.75, 3.05) is 13.1 Å². The molecule has 1 heterocycles. The fourth-order valence-corrected chi connectivity index (χ4v) is 2.45. The Morgan fingerprint density at radius 2 is 1.29 bits per heavy atom. The van der Waals surface area contributed by atoms with Crippen LogP contribution in [0.3, 0.4) is 0 Å². The Morgan fingerprint density at radius 1 is 0.882 bits per heavy atom. The molecule has 0 aromatic heterocycles. The number of carboxylic acids is 2. The van der Waals surface area contributed by atoms with Crippen LogP contribution in [0.5, 0.6) is 0 Å². The number of carbonyl (C=O) groups is 2. The monoisotopic (exact) mass is 247 g/mol. The van der Waals surface area contributed by atoms with E-state index < -0.39 is 11.9 Å². The first kappa shape index (κ1) is 15.9. The van der Waals surface area contributed by atoms with Crippen molar-refractivity contribution < 1.29 is 25.3 Å². The lowest BCUT2D eigenvalue weighted by Crippen LogP contribution is -2.09. The second kappa shape index (κ2) is 8.03. The average molecular weight is 247 g/mol. The van der Waals surface area contributed by atoms with Crippen molar-refractivity contribution in [3.8, 4) is 0 Å². The zero-order valence-electron chi connectivity index (χ0n) is 9.82. The van der Waals surface area contributed by atoms with E-state index in [1.54, 1.807) is 0 Å². The van der Waals surface area contributed by atoms with E-state index in [0.29, 0.717) is 0 Å². The van der Waals surface area contributed by atoms with Crippen LogP contribution in [0.2, 0.25) is 0 Å². The molecule has 0 spiro atoms. The van der Waals surface area contributed by atoms with Crippen LogP contribution in [0.25, 0.3) is 0 Å². The van der Waals surface area contributed by atoms with E-state index in [-0.39, 0.29) is 5.48 Å². The first-order valence-corrected chi connectivity index (χ1v) is 5.78. The second-order valence-electron chi connectivity index (χ2n) is 4.43. The minimum atomic E-state index is -1.82. The van der Waals surface area contributed by atoms with E-state index in [0.717, 1.165) is 11.8 Å². The SMILES string of the molecule is C1CCC2CNCC2CC1.O.O=C(O)C(=O)O. The molecule has 2 aliphatic rings. The molecule has 5 N–H and O–H groups in total. The summed E-state index contributed by atoms with van der Waals surface area (Å²) in [4.78, 5) is 18.2. The smallest absolute Gasteiger partial charge is 0.414 e. The van der Waals surface area contributed by atoms with Gasteiger partial charge in [0.2, 0.25) is 0 Å². The summed E-state index contributed by atoms with van der Waals surface area (Å²) in [6.07, 6.45) is 7.47. The largest absolute Gasteiger partial charge is 0.473 e. The Bertz CT molecular complexity index is 232. The molecule has 1 saturated heterocycles. The van der Waals surface area contributed by atoms with E-state index in [1.165, 1.54) is 45.2 Å². The van der Waals surface area contributed by atoms with Crippen LogP contribution in [0.15, 0.2) is 0 Å². The van der Waals surface area contributed by atoms with E-state index in [2.05, 4.69) is 5.32 Å². The van der Waals surface area contributed by atoms with Gasteiger partial charge in [-0.25, -0.2) is 9.59 Å². The van der Waals surface area contributed by atoms with E-state index in [4.69, 9.17) is 19.8 Å². The van der Waals surface area contributed by atoms with Crippen molar-refractivity contribution in [2.24, 2.45) is 11.8 Å². The second-order valence-corrected chi connectivity index (χ2v) is 4.43. The van der Waals surface area contributed by atoms with Gasteiger partial charge in [-0.15, -0.1) is 0 Å². The molecule has 0 radical (unpaired) electrons. The van der Waals surface area contributed by atoms with Gasteiger partial charge in [-0.3, -0.25) is 0 Å². The van der Waals surface area contributed by atoms with Crippen molar-refractivity contribution in [1.29, 1.82) is 0 Å². The lowest BCUT2D eigenvalue weighted by atomic mass is 9.92. The van der Waals surface area contributed by atoms with Gasteiger partial charge in [0, 0.05) is 0 Å². The zero-order chi connectivity index (χ0) is 12.0. The third-order valence-electron chi connectivity index (χ3n) is 3.31. The van der Waals surface area contributed by atoms with Gasteiger partial charge in [-0.2, -0.15) is 0 Å². The molecule has 100 valence electrons. The van der Waals surface area contributed by atoms with Crippen LogP contribution in [-0.4, -0.2) is 40.7 Å². The van der Waals surface area contributed by atoms with Gasteiger partial charge in [0.1, 0.15) is 0 Å². The lowest BCUT2D eigenvalue weighted by molar-refractivity contribution is -0.159. The Balaban J connectivity index is 0.000000324. The van der Waals surface area contributed by atoms with Gasteiger partial charge in [0.15, 0.2) is 0 Å². The van der Waals surface area contributed by atoms with Crippen molar-refractivity contribution in [3.05, 3.63) is 0 Å². The Morgan fingerprint density at radius 3 is 1.65 bits per heavy atom. The number of fused-ring (bicyclic) bond motifs is 1. The fourth-order valence-electron chi connectivity index (χ4n) is 2.45.